The summed E-state index contributed by atoms with van der Waals surface area (Å²) < 4.78 is 10.7. The Hall–Kier alpha value is -3.73. The molecule has 2 aliphatic heterocycles. The van der Waals surface area contributed by atoms with Gasteiger partial charge < -0.3 is 14.4 Å². The molecular formula is C25H22N2O3. The quantitative estimate of drug-likeness (QED) is 0.616. The van der Waals surface area contributed by atoms with Crippen LogP contribution in [0.2, 0.25) is 0 Å². The molecule has 5 rings (SSSR count). The zero-order chi connectivity index (χ0) is 20.5. The third-order valence-electron chi connectivity index (χ3n) is 5.57. The minimum Gasteiger partial charge on any atom is -0.497 e. The summed E-state index contributed by atoms with van der Waals surface area (Å²) in [6.07, 6.45) is 1.73. The van der Waals surface area contributed by atoms with Gasteiger partial charge in [-0.3, -0.25) is 4.90 Å². The van der Waals surface area contributed by atoms with E-state index in [4.69, 9.17) is 9.47 Å². The molecule has 3 aromatic rings. The first kappa shape index (κ1) is 18.3. The Morgan fingerprint density at radius 2 is 1.70 bits per heavy atom. The zero-order valence-corrected chi connectivity index (χ0v) is 16.7. The van der Waals surface area contributed by atoms with E-state index in [9.17, 15) is 4.79 Å². The SMILES string of the molecule is COc1ccc2c(c1)C=C(N1CCOC1=O)N(c1ccccc1)C2c1ccccc1. The summed E-state index contributed by atoms with van der Waals surface area (Å²) in [5, 5.41) is 0. The van der Waals surface area contributed by atoms with E-state index in [1.165, 1.54) is 0 Å². The van der Waals surface area contributed by atoms with Crippen molar-refractivity contribution in [2.45, 2.75) is 6.04 Å². The molecule has 0 aliphatic carbocycles. The highest BCUT2D eigenvalue weighted by molar-refractivity contribution is 5.80. The maximum Gasteiger partial charge on any atom is 0.415 e. The molecule has 1 fully saturated rings. The van der Waals surface area contributed by atoms with Crippen LogP contribution in [0.3, 0.4) is 0 Å². The lowest BCUT2D eigenvalue weighted by Crippen LogP contribution is -2.41. The van der Waals surface area contributed by atoms with Crippen LogP contribution >= 0.6 is 0 Å². The van der Waals surface area contributed by atoms with E-state index >= 15 is 0 Å². The number of cyclic esters (lactones) is 1. The van der Waals surface area contributed by atoms with Gasteiger partial charge in [-0.25, -0.2) is 4.79 Å². The molecule has 2 aliphatic rings. The van der Waals surface area contributed by atoms with E-state index in [1.54, 1.807) is 12.0 Å². The molecule has 1 atom stereocenters. The fourth-order valence-corrected chi connectivity index (χ4v) is 4.18. The Kier molecular flexibility index (Phi) is 4.64. The summed E-state index contributed by atoms with van der Waals surface area (Å²) in [5.41, 5.74) is 4.34. The van der Waals surface area contributed by atoms with Gasteiger partial charge in [0.05, 0.1) is 19.7 Å². The third-order valence-corrected chi connectivity index (χ3v) is 5.57. The van der Waals surface area contributed by atoms with E-state index in [-0.39, 0.29) is 12.1 Å². The molecule has 0 bridgehead atoms. The van der Waals surface area contributed by atoms with Crippen LogP contribution in [0.25, 0.3) is 6.08 Å². The molecule has 5 heteroatoms. The van der Waals surface area contributed by atoms with Gasteiger partial charge in [0.2, 0.25) is 0 Å². The second-order valence-corrected chi connectivity index (χ2v) is 7.28. The topological polar surface area (TPSA) is 42.0 Å². The van der Waals surface area contributed by atoms with Crippen molar-refractivity contribution in [2.75, 3.05) is 25.2 Å². The highest BCUT2D eigenvalue weighted by Gasteiger charge is 2.37. The van der Waals surface area contributed by atoms with Crippen LogP contribution in [0.1, 0.15) is 22.7 Å². The van der Waals surface area contributed by atoms with Gasteiger partial charge in [0, 0.05) is 5.69 Å². The molecule has 30 heavy (non-hydrogen) atoms. The minimum atomic E-state index is -0.319. The van der Waals surface area contributed by atoms with Crippen LogP contribution in [-0.2, 0) is 4.74 Å². The summed E-state index contributed by atoms with van der Waals surface area (Å²) in [5.74, 6) is 1.59. The first-order valence-electron chi connectivity index (χ1n) is 9.99. The molecule has 0 N–H and O–H groups in total. The van der Waals surface area contributed by atoms with Crippen LogP contribution in [0, 0.1) is 0 Å². The van der Waals surface area contributed by atoms with Crippen molar-refractivity contribution in [1.29, 1.82) is 0 Å². The molecule has 0 aromatic heterocycles. The smallest absolute Gasteiger partial charge is 0.415 e. The van der Waals surface area contributed by atoms with Gasteiger partial charge >= 0.3 is 6.09 Å². The molecule has 5 nitrogen and oxygen atoms in total. The summed E-state index contributed by atoms with van der Waals surface area (Å²) in [4.78, 5) is 16.5. The third kappa shape index (κ3) is 3.08. The molecule has 150 valence electrons. The zero-order valence-electron chi connectivity index (χ0n) is 16.7. The maximum atomic E-state index is 12.5. The molecule has 1 amide bonds. The number of fused-ring (bicyclic) bond motifs is 1. The average Bonchev–Trinajstić information content (AvgIpc) is 3.24. The fourth-order valence-electron chi connectivity index (χ4n) is 4.18. The van der Waals surface area contributed by atoms with Gasteiger partial charge in [0.25, 0.3) is 0 Å². The van der Waals surface area contributed by atoms with E-state index in [2.05, 4.69) is 41.3 Å². The number of rotatable bonds is 4. The number of benzene rings is 3. The lowest BCUT2D eigenvalue weighted by molar-refractivity contribution is 0.163. The van der Waals surface area contributed by atoms with Gasteiger partial charge in [0.1, 0.15) is 18.2 Å². The molecule has 0 spiro atoms. The summed E-state index contributed by atoms with van der Waals surface area (Å²) in [6, 6.07) is 26.5. The molecule has 1 saturated heterocycles. The van der Waals surface area contributed by atoms with E-state index in [0.717, 1.165) is 33.9 Å². The highest BCUT2D eigenvalue weighted by Crippen LogP contribution is 2.44. The van der Waals surface area contributed by atoms with Crippen LogP contribution in [-0.4, -0.2) is 31.3 Å². The van der Waals surface area contributed by atoms with Gasteiger partial charge in [-0.15, -0.1) is 0 Å². The minimum absolute atomic E-state index is 0.0945. The maximum absolute atomic E-state index is 12.5. The van der Waals surface area contributed by atoms with Crippen molar-refractivity contribution in [2.24, 2.45) is 0 Å². The van der Waals surface area contributed by atoms with Gasteiger partial charge in [-0.05, 0) is 47.0 Å². The van der Waals surface area contributed by atoms with E-state index in [0.29, 0.717) is 13.2 Å². The second kappa shape index (κ2) is 7.59. The largest absolute Gasteiger partial charge is 0.497 e. The predicted molar refractivity (Wildman–Crippen MR) is 116 cm³/mol. The molecular weight excluding hydrogens is 376 g/mol. The summed E-state index contributed by atoms with van der Waals surface area (Å²) in [7, 11) is 1.66. The van der Waals surface area contributed by atoms with E-state index < -0.39 is 0 Å². The number of nitrogens with zero attached hydrogens (tertiary/aromatic N) is 2. The number of anilines is 1. The average molecular weight is 398 g/mol. The van der Waals surface area contributed by atoms with Crippen molar-refractivity contribution in [3.8, 4) is 5.75 Å². The molecule has 3 aromatic carbocycles. The van der Waals surface area contributed by atoms with Crippen molar-refractivity contribution in [3.05, 3.63) is 101 Å². The Bertz CT molecular complexity index is 1100. The van der Waals surface area contributed by atoms with Gasteiger partial charge in [0.15, 0.2) is 0 Å². The Labute approximate surface area is 175 Å². The highest BCUT2D eigenvalue weighted by atomic mass is 16.6. The number of carbonyl (C=O) groups excluding carboxylic acids is 1. The predicted octanol–water partition coefficient (Wildman–Crippen LogP) is 5.06. The number of hydrogen-bond acceptors (Lipinski definition) is 4. The van der Waals surface area contributed by atoms with Crippen LogP contribution in [0.4, 0.5) is 10.5 Å². The van der Waals surface area contributed by atoms with Crippen molar-refractivity contribution in [3.63, 3.8) is 0 Å². The van der Waals surface area contributed by atoms with Crippen molar-refractivity contribution in [1.82, 2.24) is 4.90 Å². The number of amides is 1. The van der Waals surface area contributed by atoms with Gasteiger partial charge in [-0.1, -0.05) is 54.6 Å². The number of para-hydroxylation sites is 1. The molecule has 0 radical (unpaired) electrons. The standard InChI is InChI=1S/C25H22N2O3/c1-29-21-12-13-22-19(16-21)17-23(26-14-15-30-25(26)28)27(20-10-6-3-7-11-20)24(22)18-8-4-2-5-9-18/h2-13,16-17,24H,14-15H2,1H3. The van der Waals surface area contributed by atoms with E-state index in [1.807, 2.05) is 48.5 Å². The monoisotopic (exact) mass is 398 g/mol. The lowest BCUT2D eigenvalue weighted by atomic mass is 9.89. The Morgan fingerprint density at radius 3 is 2.37 bits per heavy atom. The van der Waals surface area contributed by atoms with Gasteiger partial charge in [-0.2, -0.15) is 0 Å². The van der Waals surface area contributed by atoms with Crippen LogP contribution in [0.15, 0.2) is 84.7 Å². The number of carbonyl (C=O) groups is 1. The van der Waals surface area contributed by atoms with Crippen LogP contribution in [0.5, 0.6) is 5.75 Å². The number of hydrogen-bond donors (Lipinski definition) is 0. The Morgan fingerprint density at radius 1 is 0.967 bits per heavy atom. The fraction of sp³-hybridized carbons (Fsp3) is 0.160. The number of ether oxygens (including phenoxy) is 2. The normalized spacial score (nSPS) is 18.0. The second-order valence-electron chi connectivity index (χ2n) is 7.28. The molecule has 2 heterocycles. The van der Waals surface area contributed by atoms with Crippen LogP contribution < -0.4 is 9.64 Å². The summed E-state index contributed by atoms with van der Waals surface area (Å²) >= 11 is 0. The van der Waals surface area contributed by atoms with Crippen molar-refractivity contribution < 1.29 is 14.3 Å². The lowest BCUT2D eigenvalue weighted by Gasteiger charge is -2.41. The number of methoxy groups -OCH3 is 1. The Balaban J connectivity index is 1.76. The molecule has 0 saturated carbocycles. The van der Waals surface area contributed by atoms with Crippen molar-refractivity contribution >= 4 is 17.9 Å². The molecule has 1 unspecified atom stereocenters. The first-order chi connectivity index (χ1) is 14.8. The summed E-state index contributed by atoms with van der Waals surface area (Å²) in [6.45, 7) is 0.911. The first-order valence-corrected chi connectivity index (χ1v) is 9.99.